The first kappa shape index (κ1) is 21.3. The molecule has 0 unspecified atom stereocenters. The Hall–Kier alpha value is -3.94. The first-order chi connectivity index (χ1) is 15.2. The predicted octanol–water partition coefficient (Wildman–Crippen LogP) is 3.12. The molecule has 2 aromatic carbocycles. The van der Waals surface area contributed by atoms with Gasteiger partial charge in [0, 0.05) is 42.0 Å². The van der Waals surface area contributed by atoms with Gasteiger partial charge in [-0.1, -0.05) is 12.1 Å². The second kappa shape index (κ2) is 8.30. The highest BCUT2D eigenvalue weighted by Gasteiger charge is 2.23. The summed E-state index contributed by atoms with van der Waals surface area (Å²) in [5.41, 5.74) is 1.09. The molecule has 0 fully saturated rings. The quantitative estimate of drug-likeness (QED) is 0.455. The fourth-order valence-corrected chi connectivity index (χ4v) is 3.39. The van der Waals surface area contributed by atoms with Crippen LogP contribution in [0, 0.1) is 0 Å². The van der Waals surface area contributed by atoms with Gasteiger partial charge in [0.05, 0.1) is 11.1 Å². The number of anilines is 1. The standard InChI is InChI=1S/C24H25N5O3/c1-24(2,13-32-21-12-20(29(3)4)25-14-26-21)28-23(31)15-9-10-17-19(11-15)27-18-8-6-5-7-16(18)22(17)30/h5-12,14H,13H2,1-4H3,(H,27,30)(H,28,31). The number of carbonyl (C=O) groups excluding carboxylic acids is 1. The number of nitrogens with one attached hydrogen (secondary N) is 2. The number of rotatable bonds is 6. The lowest BCUT2D eigenvalue weighted by atomic mass is 10.0. The molecule has 0 bridgehead atoms. The Morgan fingerprint density at radius 1 is 1.06 bits per heavy atom. The van der Waals surface area contributed by atoms with Crippen molar-refractivity contribution in [3.63, 3.8) is 0 Å². The molecule has 0 atom stereocenters. The number of pyridine rings is 1. The summed E-state index contributed by atoms with van der Waals surface area (Å²) in [6.45, 7) is 3.96. The molecule has 8 heteroatoms. The van der Waals surface area contributed by atoms with Gasteiger partial charge >= 0.3 is 0 Å². The molecule has 0 spiro atoms. The zero-order chi connectivity index (χ0) is 22.9. The maximum Gasteiger partial charge on any atom is 0.251 e. The van der Waals surface area contributed by atoms with E-state index in [-0.39, 0.29) is 17.9 Å². The molecule has 4 rings (SSSR count). The number of carbonyl (C=O) groups is 1. The SMILES string of the molecule is CN(C)c1cc(OCC(C)(C)NC(=O)c2ccc3c(=O)c4ccccc4[nH]c3c2)ncn1. The van der Waals surface area contributed by atoms with Crippen LogP contribution in [-0.2, 0) is 0 Å². The Bertz CT molecular complexity index is 1360. The minimum Gasteiger partial charge on any atom is -0.475 e. The van der Waals surface area contributed by atoms with Crippen LogP contribution >= 0.6 is 0 Å². The fourth-order valence-electron chi connectivity index (χ4n) is 3.39. The van der Waals surface area contributed by atoms with E-state index in [1.54, 1.807) is 30.3 Å². The summed E-state index contributed by atoms with van der Waals surface area (Å²) in [6, 6.07) is 14.1. The largest absolute Gasteiger partial charge is 0.475 e. The number of hydrogen-bond acceptors (Lipinski definition) is 6. The normalized spacial score (nSPS) is 11.5. The van der Waals surface area contributed by atoms with E-state index in [4.69, 9.17) is 4.74 Å². The zero-order valence-corrected chi connectivity index (χ0v) is 18.5. The number of aromatic amines is 1. The van der Waals surface area contributed by atoms with E-state index >= 15 is 0 Å². The Morgan fingerprint density at radius 2 is 1.81 bits per heavy atom. The minimum absolute atomic E-state index is 0.0583. The third-order valence-electron chi connectivity index (χ3n) is 5.09. The molecule has 0 aliphatic heterocycles. The molecule has 2 heterocycles. The van der Waals surface area contributed by atoms with Gasteiger partial charge in [-0.05, 0) is 44.2 Å². The van der Waals surface area contributed by atoms with Crippen LogP contribution in [0.25, 0.3) is 21.8 Å². The van der Waals surface area contributed by atoms with Crippen LogP contribution in [-0.4, -0.2) is 47.1 Å². The number of aromatic nitrogens is 3. The molecule has 1 amide bonds. The van der Waals surface area contributed by atoms with E-state index < -0.39 is 5.54 Å². The second-order valence-electron chi connectivity index (χ2n) is 8.50. The molecule has 8 nitrogen and oxygen atoms in total. The van der Waals surface area contributed by atoms with Crippen LogP contribution < -0.4 is 20.4 Å². The number of amides is 1. The third kappa shape index (κ3) is 4.39. The molecule has 0 saturated heterocycles. The summed E-state index contributed by atoms with van der Waals surface area (Å²) < 4.78 is 5.79. The lowest BCUT2D eigenvalue weighted by Crippen LogP contribution is -2.47. The van der Waals surface area contributed by atoms with Gasteiger partial charge in [-0.3, -0.25) is 9.59 Å². The van der Waals surface area contributed by atoms with Crippen molar-refractivity contribution < 1.29 is 9.53 Å². The van der Waals surface area contributed by atoms with Crippen molar-refractivity contribution in [2.75, 3.05) is 25.6 Å². The van der Waals surface area contributed by atoms with Gasteiger partial charge in [-0.2, -0.15) is 0 Å². The topological polar surface area (TPSA) is 100 Å². The Labute approximate surface area is 185 Å². The summed E-state index contributed by atoms with van der Waals surface area (Å²) in [5, 5.41) is 4.15. The molecule has 0 aliphatic rings. The molecular formula is C24H25N5O3. The van der Waals surface area contributed by atoms with Gasteiger partial charge in [-0.25, -0.2) is 9.97 Å². The van der Waals surface area contributed by atoms with Gasteiger partial charge < -0.3 is 19.9 Å². The maximum absolute atomic E-state index is 12.9. The van der Waals surface area contributed by atoms with Gasteiger partial charge in [-0.15, -0.1) is 0 Å². The summed E-state index contributed by atoms with van der Waals surface area (Å²) in [4.78, 5) is 39.0. The first-order valence-corrected chi connectivity index (χ1v) is 10.2. The molecular weight excluding hydrogens is 406 g/mol. The second-order valence-corrected chi connectivity index (χ2v) is 8.50. The molecule has 0 saturated carbocycles. The molecule has 0 aliphatic carbocycles. The highest BCUT2D eigenvalue weighted by molar-refractivity contribution is 6.00. The first-order valence-electron chi connectivity index (χ1n) is 10.2. The monoisotopic (exact) mass is 431 g/mol. The summed E-state index contributed by atoms with van der Waals surface area (Å²) in [6.07, 6.45) is 1.44. The van der Waals surface area contributed by atoms with Crippen molar-refractivity contribution in [3.8, 4) is 5.88 Å². The lowest BCUT2D eigenvalue weighted by Gasteiger charge is -2.26. The smallest absolute Gasteiger partial charge is 0.251 e. The van der Waals surface area contributed by atoms with Crippen molar-refractivity contribution >= 4 is 33.5 Å². The number of ether oxygens (including phenoxy) is 1. The van der Waals surface area contributed by atoms with E-state index in [0.29, 0.717) is 27.7 Å². The van der Waals surface area contributed by atoms with Gasteiger partial charge in [0.1, 0.15) is 18.8 Å². The number of para-hydroxylation sites is 1. The van der Waals surface area contributed by atoms with Gasteiger partial charge in [0.25, 0.3) is 5.91 Å². The fraction of sp³-hybridized carbons (Fsp3) is 0.250. The highest BCUT2D eigenvalue weighted by atomic mass is 16.5. The predicted molar refractivity (Wildman–Crippen MR) is 125 cm³/mol. The Morgan fingerprint density at radius 3 is 2.59 bits per heavy atom. The van der Waals surface area contributed by atoms with Crippen molar-refractivity contribution in [1.29, 1.82) is 0 Å². The number of fused-ring (bicyclic) bond motifs is 2. The molecule has 32 heavy (non-hydrogen) atoms. The van der Waals surface area contributed by atoms with E-state index in [1.165, 1.54) is 6.33 Å². The van der Waals surface area contributed by atoms with Crippen molar-refractivity contribution in [2.24, 2.45) is 0 Å². The molecule has 0 radical (unpaired) electrons. The van der Waals surface area contributed by atoms with E-state index in [1.807, 2.05) is 51.0 Å². The summed E-state index contributed by atoms with van der Waals surface area (Å²) in [7, 11) is 3.77. The Kier molecular flexibility index (Phi) is 5.52. The van der Waals surface area contributed by atoms with E-state index in [0.717, 1.165) is 11.3 Å². The average molecular weight is 431 g/mol. The number of H-pyrrole nitrogens is 1. The highest BCUT2D eigenvalue weighted by Crippen LogP contribution is 2.18. The molecule has 2 aromatic heterocycles. The molecule has 2 N–H and O–H groups in total. The van der Waals surface area contributed by atoms with Crippen LogP contribution in [0.4, 0.5) is 5.82 Å². The summed E-state index contributed by atoms with van der Waals surface area (Å²) >= 11 is 0. The van der Waals surface area contributed by atoms with E-state index in [2.05, 4.69) is 20.3 Å². The van der Waals surface area contributed by atoms with Crippen LogP contribution in [0.15, 0.2) is 59.7 Å². The molecule has 164 valence electrons. The van der Waals surface area contributed by atoms with Crippen LogP contribution in [0.5, 0.6) is 5.88 Å². The maximum atomic E-state index is 12.9. The van der Waals surface area contributed by atoms with Crippen molar-refractivity contribution in [3.05, 3.63) is 70.6 Å². The van der Waals surface area contributed by atoms with Crippen LogP contribution in [0.3, 0.4) is 0 Å². The van der Waals surface area contributed by atoms with Crippen LogP contribution in [0.1, 0.15) is 24.2 Å². The van der Waals surface area contributed by atoms with Crippen molar-refractivity contribution in [1.82, 2.24) is 20.3 Å². The third-order valence-corrected chi connectivity index (χ3v) is 5.09. The summed E-state index contributed by atoms with van der Waals surface area (Å²) in [5.74, 6) is 0.905. The number of nitrogens with zero attached hydrogens (tertiary/aromatic N) is 3. The average Bonchev–Trinajstić information content (AvgIpc) is 2.77. The Balaban J connectivity index is 1.51. The van der Waals surface area contributed by atoms with Crippen molar-refractivity contribution in [2.45, 2.75) is 19.4 Å². The molecule has 4 aromatic rings. The van der Waals surface area contributed by atoms with Gasteiger partial charge in [0.2, 0.25) is 5.88 Å². The number of benzene rings is 2. The van der Waals surface area contributed by atoms with E-state index in [9.17, 15) is 9.59 Å². The van der Waals surface area contributed by atoms with Crippen LogP contribution in [0.2, 0.25) is 0 Å². The zero-order valence-electron chi connectivity index (χ0n) is 18.5. The lowest BCUT2D eigenvalue weighted by molar-refractivity contribution is 0.0879. The van der Waals surface area contributed by atoms with Gasteiger partial charge in [0.15, 0.2) is 5.43 Å². The number of hydrogen-bond donors (Lipinski definition) is 2. The minimum atomic E-state index is -0.661.